The summed E-state index contributed by atoms with van der Waals surface area (Å²) in [6.07, 6.45) is 2.93. The van der Waals surface area contributed by atoms with Gasteiger partial charge in [0.15, 0.2) is 6.79 Å². The van der Waals surface area contributed by atoms with E-state index in [9.17, 15) is 9.59 Å². The van der Waals surface area contributed by atoms with Crippen molar-refractivity contribution in [3.05, 3.63) is 12.8 Å². The Morgan fingerprint density at radius 1 is 1.25 bits per heavy atom. The lowest BCUT2D eigenvalue weighted by atomic mass is 9.85. The molecule has 0 bridgehead atoms. The molecule has 0 spiro atoms. The molecule has 1 fully saturated rings. The standard InChI is InChI=1S/C16H26O8/c1-3-20-10-22-9-13-4-5-14(24-12(2)17)8-15(13)23-11-21-7-6-16(18)19/h3,13-15H,1,4-11H2,2H3,(H,18,19). The van der Waals surface area contributed by atoms with Crippen LogP contribution in [-0.4, -0.2) is 56.1 Å². The van der Waals surface area contributed by atoms with E-state index in [-0.39, 0.29) is 50.7 Å². The summed E-state index contributed by atoms with van der Waals surface area (Å²) in [6, 6.07) is 0. The van der Waals surface area contributed by atoms with Crippen LogP contribution in [0.15, 0.2) is 12.8 Å². The van der Waals surface area contributed by atoms with Gasteiger partial charge in [-0.3, -0.25) is 9.59 Å². The lowest BCUT2D eigenvalue weighted by molar-refractivity contribution is -0.165. The average molecular weight is 346 g/mol. The molecule has 1 rings (SSSR count). The van der Waals surface area contributed by atoms with E-state index in [0.29, 0.717) is 13.0 Å². The number of hydrogen-bond acceptors (Lipinski definition) is 7. The van der Waals surface area contributed by atoms with Gasteiger partial charge in [-0.25, -0.2) is 0 Å². The van der Waals surface area contributed by atoms with Gasteiger partial charge in [-0.2, -0.15) is 0 Å². The summed E-state index contributed by atoms with van der Waals surface area (Å²) in [5, 5.41) is 8.56. The highest BCUT2D eigenvalue weighted by atomic mass is 16.7. The molecule has 3 atom stereocenters. The molecule has 0 amide bonds. The van der Waals surface area contributed by atoms with E-state index >= 15 is 0 Å². The zero-order valence-corrected chi connectivity index (χ0v) is 14.0. The lowest BCUT2D eigenvalue weighted by Gasteiger charge is -2.35. The third-order valence-electron chi connectivity index (χ3n) is 3.64. The van der Waals surface area contributed by atoms with Crippen molar-refractivity contribution in [1.29, 1.82) is 0 Å². The summed E-state index contributed by atoms with van der Waals surface area (Å²) in [6.45, 7) is 5.46. The first kappa shape index (κ1) is 20.4. The molecule has 0 radical (unpaired) electrons. The van der Waals surface area contributed by atoms with E-state index in [4.69, 9.17) is 28.8 Å². The van der Waals surface area contributed by atoms with Crippen molar-refractivity contribution in [3.8, 4) is 0 Å². The Kier molecular flexibility index (Phi) is 10.1. The van der Waals surface area contributed by atoms with Crippen LogP contribution >= 0.6 is 0 Å². The first-order valence-electron chi connectivity index (χ1n) is 7.91. The molecule has 24 heavy (non-hydrogen) atoms. The van der Waals surface area contributed by atoms with Crippen molar-refractivity contribution in [3.63, 3.8) is 0 Å². The molecule has 0 aromatic carbocycles. The van der Waals surface area contributed by atoms with Gasteiger partial charge in [0.2, 0.25) is 0 Å². The van der Waals surface area contributed by atoms with Crippen molar-refractivity contribution in [2.75, 3.05) is 26.8 Å². The number of hydrogen-bond donors (Lipinski definition) is 1. The van der Waals surface area contributed by atoms with Gasteiger partial charge < -0.3 is 28.8 Å². The fraction of sp³-hybridized carbons (Fsp3) is 0.750. The lowest BCUT2D eigenvalue weighted by Crippen LogP contribution is -2.39. The number of carboxylic acid groups (broad SMARTS) is 1. The van der Waals surface area contributed by atoms with Gasteiger partial charge >= 0.3 is 11.9 Å². The first-order valence-corrected chi connectivity index (χ1v) is 7.91. The number of aliphatic carboxylic acids is 1. The number of esters is 1. The molecule has 1 aliphatic carbocycles. The van der Waals surface area contributed by atoms with Gasteiger partial charge in [-0.15, -0.1) is 0 Å². The number of carboxylic acids is 1. The highest BCUT2D eigenvalue weighted by Gasteiger charge is 2.33. The van der Waals surface area contributed by atoms with Crippen LogP contribution in [0.4, 0.5) is 0 Å². The van der Waals surface area contributed by atoms with Crippen molar-refractivity contribution >= 4 is 11.9 Å². The molecule has 8 nitrogen and oxygen atoms in total. The van der Waals surface area contributed by atoms with E-state index in [1.807, 2.05) is 0 Å². The highest BCUT2D eigenvalue weighted by molar-refractivity contribution is 5.66. The van der Waals surface area contributed by atoms with Gasteiger partial charge in [0.05, 0.1) is 32.0 Å². The van der Waals surface area contributed by atoms with Crippen molar-refractivity contribution in [1.82, 2.24) is 0 Å². The zero-order valence-electron chi connectivity index (χ0n) is 14.0. The molecule has 3 unspecified atom stereocenters. The molecule has 0 heterocycles. The molecule has 1 N–H and O–H groups in total. The quantitative estimate of drug-likeness (QED) is 0.247. The largest absolute Gasteiger partial charge is 0.481 e. The Balaban J connectivity index is 2.40. The molecule has 0 aromatic heterocycles. The molecule has 1 saturated carbocycles. The fourth-order valence-corrected chi connectivity index (χ4v) is 2.54. The van der Waals surface area contributed by atoms with Crippen LogP contribution in [0.3, 0.4) is 0 Å². The Morgan fingerprint density at radius 3 is 2.71 bits per heavy atom. The Labute approximate surface area is 141 Å². The van der Waals surface area contributed by atoms with E-state index < -0.39 is 5.97 Å². The van der Waals surface area contributed by atoms with Crippen LogP contribution in [0.2, 0.25) is 0 Å². The summed E-state index contributed by atoms with van der Waals surface area (Å²) in [4.78, 5) is 21.5. The summed E-state index contributed by atoms with van der Waals surface area (Å²) in [5.74, 6) is -1.12. The number of rotatable bonds is 12. The van der Waals surface area contributed by atoms with E-state index in [1.165, 1.54) is 13.2 Å². The van der Waals surface area contributed by atoms with Gasteiger partial charge in [0.25, 0.3) is 0 Å². The second kappa shape index (κ2) is 11.8. The fourth-order valence-electron chi connectivity index (χ4n) is 2.54. The molecule has 0 aliphatic heterocycles. The normalized spacial score (nSPS) is 23.5. The zero-order chi connectivity index (χ0) is 17.8. The highest BCUT2D eigenvalue weighted by Crippen LogP contribution is 2.29. The minimum absolute atomic E-state index is 0.00953. The second-order valence-corrected chi connectivity index (χ2v) is 5.50. The summed E-state index contributed by atoms with van der Waals surface area (Å²) < 4.78 is 26.5. The number of carbonyl (C=O) groups is 2. The van der Waals surface area contributed by atoms with Crippen molar-refractivity contribution in [2.24, 2.45) is 5.92 Å². The molecular weight excluding hydrogens is 320 g/mol. The van der Waals surface area contributed by atoms with Gasteiger partial charge in [-0.1, -0.05) is 6.58 Å². The molecule has 0 saturated heterocycles. The van der Waals surface area contributed by atoms with Crippen LogP contribution in [0, 0.1) is 5.92 Å². The van der Waals surface area contributed by atoms with Crippen molar-refractivity contribution in [2.45, 2.75) is 44.8 Å². The Bertz CT molecular complexity index is 398. The van der Waals surface area contributed by atoms with E-state index in [2.05, 4.69) is 6.58 Å². The molecular formula is C16H26O8. The third kappa shape index (κ3) is 8.85. The predicted molar refractivity (Wildman–Crippen MR) is 82.9 cm³/mol. The van der Waals surface area contributed by atoms with Crippen LogP contribution in [0.5, 0.6) is 0 Å². The maximum Gasteiger partial charge on any atom is 0.305 e. The first-order chi connectivity index (χ1) is 11.5. The molecule has 138 valence electrons. The molecule has 1 aliphatic rings. The molecule has 0 aromatic rings. The van der Waals surface area contributed by atoms with Crippen molar-refractivity contribution < 1.29 is 38.4 Å². The van der Waals surface area contributed by atoms with Crippen LogP contribution in [0.25, 0.3) is 0 Å². The summed E-state index contributed by atoms with van der Waals surface area (Å²) in [7, 11) is 0. The number of ether oxygens (including phenoxy) is 5. The maximum atomic E-state index is 11.1. The van der Waals surface area contributed by atoms with Gasteiger partial charge in [0, 0.05) is 19.3 Å². The van der Waals surface area contributed by atoms with Crippen LogP contribution < -0.4 is 0 Å². The topological polar surface area (TPSA) is 101 Å². The minimum Gasteiger partial charge on any atom is -0.481 e. The predicted octanol–water partition coefficient (Wildman–Crippen LogP) is 1.69. The monoisotopic (exact) mass is 346 g/mol. The van der Waals surface area contributed by atoms with Crippen LogP contribution in [-0.2, 0) is 33.3 Å². The smallest absolute Gasteiger partial charge is 0.305 e. The SMILES string of the molecule is C=COCOCC1CCC(OC(C)=O)CC1OCOCCC(=O)O. The number of carbonyl (C=O) groups excluding carboxylic acids is 1. The Morgan fingerprint density at radius 2 is 2.04 bits per heavy atom. The minimum atomic E-state index is -0.920. The van der Waals surface area contributed by atoms with E-state index in [1.54, 1.807) is 0 Å². The Hall–Kier alpha value is -1.64. The molecule has 8 heteroatoms. The maximum absolute atomic E-state index is 11.1. The van der Waals surface area contributed by atoms with Crippen LogP contribution in [0.1, 0.15) is 32.6 Å². The van der Waals surface area contributed by atoms with Gasteiger partial charge in [0.1, 0.15) is 12.9 Å². The summed E-state index contributed by atoms with van der Waals surface area (Å²) >= 11 is 0. The second-order valence-electron chi connectivity index (χ2n) is 5.50. The average Bonchev–Trinajstić information content (AvgIpc) is 2.52. The summed E-state index contributed by atoms with van der Waals surface area (Å²) in [5.41, 5.74) is 0. The van der Waals surface area contributed by atoms with Gasteiger partial charge in [-0.05, 0) is 12.8 Å². The third-order valence-corrected chi connectivity index (χ3v) is 3.64. The van der Waals surface area contributed by atoms with E-state index in [0.717, 1.165) is 12.8 Å².